The summed E-state index contributed by atoms with van der Waals surface area (Å²) in [5.41, 5.74) is 7.65. The zero-order valence-electron chi connectivity index (χ0n) is 19.3. The predicted octanol–water partition coefficient (Wildman–Crippen LogP) is 4.42. The van der Waals surface area contributed by atoms with Crippen molar-refractivity contribution < 1.29 is 4.79 Å². The van der Waals surface area contributed by atoms with Crippen LogP contribution < -0.4 is 21.9 Å². The molecule has 2 aromatic carbocycles. The zero-order chi connectivity index (χ0) is 23.8. The van der Waals surface area contributed by atoms with Crippen LogP contribution in [0.1, 0.15) is 56.3 Å². The maximum atomic E-state index is 13.5. The number of hydrogen-bond donors (Lipinski definition) is 2. The first-order chi connectivity index (χ1) is 16.0. The second-order valence-corrected chi connectivity index (χ2v) is 8.11. The van der Waals surface area contributed by atoms with E-state index in [1.54, 1.807) is 12.1 Å². The Labute approximate surface area is 193 Å². The number of anilines is 2. The number of H-pyrrole nitrogens is 1. The van der Waals surface area contributed by atoms with E-state index in [1.165, 1.54) is 9.47 Å². The Morgan fingerprint density at radius 3 is 2.18 bits per heavy atom. The summed E-state index contributed by atoms with van der Waals surface area (Å²) in [5.74, 6) is -0.286. The lowest BCUT2D eigenvalue weighted by Crippen LogP contribution is -2.41. The van der Waals surface area contributed by atoms with Crippen molar-refractivity contribution in [3.05, 3.63) is 81.0 Å². The second kappa shape index (κ2) is 11.3. The van der Waals surface area contributed by atoms with E-state index in [0.717, 1.165) is 43.2 Å². The molecule has 0 saturated heterocycles. The maximum absolute atomic E-state index is 13.5. The Kier molecular flexibility index (Phi) is 8.24. The minimum Gasteiger partial charge on any atom is -0.383 e. The number of rotatable bonds is 10. The van der Waals surface area contributed by atoms with Crippen LogP contribution in [0.15, 0.2) is 64.2 Å². The number of nitrogens with zero attached hydrogens (tertiary/aromatic N) is 2. The van der Waals surface area contributed by atoms with Gasteiger partial charge in [-0.25, -0.2) is 4.79 Å². The maximum Gasteiger partial charge on any atom is 0.330 e. The number of aromatic amines is 1. The third-order valence-electron chi connectivity index (χ3n) is 5.69. The van der Waals surface area contributed by atoms with Crippen molar-refractivity contribution in [2.75, 3.05) is 17.2 Å². The minimum atomic E-state index is -0.643. The number of amides is 1. The molecule has 33 heavy (non-hydrogen) atoms. The average molecular weight is 449 g/mol. The highest BCUT2D eigenvalue weighted by Crippen LogP contribution is 2.23. The largest absolute Gasteiger partial charge is 0.383 e. The highest BCUT2D eigenvalue weighted by atomic mass is 16.2. The molecule has 0 aliphatic heterocycles. The topological polar surface area (TPSA) is 101 Å². The lowest BCUT2D eigenvalue weighted by Gasteiger charge is -2.25. The number of unbranched alkanes of at least 4 members (excludes halogenated alkanes) is 3. The molecule has 0 saturated carbocycles. The second-order valence-electron chi connectivity index (χ2n) is 8.11. The summed E-state index contributed by atoms with van der Waals surface area (Å²) in [7, 11) is 0. The molecule has 0 aliphatic carbocycles. The molecule has 1 aromatic heterocycles. The van der Waals surface area contributed by atoms with Crippen LogP contribution in [0.25, 0.3) is 11.1 Å². The predicted molar refractivity (Wildman–Crippen MR) is 134 cm³/mol. The lowest BCUT2D eigenvalue weighted by atomic mass is 10.0. The Morgan fingerprint density at radius 2 is 1.55 bits per heavy atom. The number of carbonyl (C=O) groups excluding carboxylic acids is 1. The van der Waals surface area contributed by atoms with E-state index in [0.29, 0.717) is 18.7 Å². The van der Waals surface area contributed by atoms with Gasteiger partial charge < -0.3 is 10.6 Å². The molecule has 3 aromatic rings. The van der Waals surface area contributed by atoms with Crippen LogP contribution in [0.2, 0.25) is 0 Å². The van der Waals surface area contributed by atoms with E-state index < -0.39 is 11.2 Å². The van der Waals surface area contributed by atoms with Crippen molar-refractivity contribution >= 4 is 17.4 Å². The van der Waals surface area contributed by atoms with E-state index in [4.69, 9.17) is 5.73 Å². The lowest BCUT2D eigenvalue weighted by molar-refractivity contribution is 0.0986. The van der Waals surface area contributed by atoms with Gasteiger partial charge in [0.2, 0.25) is 0 Å². The molecule has 0 unspecified atom stereocenters. The van der Waals surface area contributed by atoms with Gasteiger partial charge in [0.25, 0.3) is 11.5 Å². The van der Waals surface area contributed by atoms with Gasteiger partial charge >= 0.3 is 5.69 Å². The van der Waals surface area contributed by atoms with Gasteiger partial charge in [0, 0.05) is 18.7 Å². The summed E-state index contributed by atoms with van der Waals surface area (Å²) in [5, 5.41) is 0. The summed E-state index contributed by atoms with van der Waals surface area (Å²) in [6.07, 6.45) is 4.20. The van der Waals surface area contributed by atoms with E-state index in [-0.39, 0.29) is 17.4 Å². The van der Waals surface area contributed by atoms with Crippen molar-refractivity contribution in [3.8, 4) is 11.1 Å². The van der Waals surface area contributed by atoms with Crippen molar-refractivity contribution in [3.63, 3.8) is 0 Å². The number of carbonyl (C=O) groups is 1. The number of benzene rings is 2. The highest BCUT2D eigenvalue weighted by molar-refractivity contribution is 6.07. The van der Waals surface area contributed by atoms with Gasteiger partial charge in [0.15, 0.2) is 5.69 Å². The number of nitrogens with two attached hydrogens (primary N) is 1. The smallest absolute Gasteiger partial charge is 0.330 e. The molecule has 7 nitrogen and oxygen atoms in total. The third-order valence-corrected chi connectivity index (χ3v) is 5.69. The average Bonchev–Trinajstić information content (AvgIpc) is 2.83. The van der Waals surface area contributed by atoms with Gasteiger partial charge in [-0.15, -0.1) is 0 Å². The molecular weight excluding hydrogens is 416 g/mol. The first-order valence-corrected chi connectivity index (χ1v) is 11.6. The Hall–Kier alpha value is -3.61. The molecule has 1 amide bonds. The summed E-state index contributed by atoms with van der Waals surface area (Å²) in [6.45, 7) is 4.80. The van der Waals surface area contributed by atoms with E-state index in [9.17, 15) is 14.4 Å². The number of aromatic nitrogens is 2. The summed E-state index contributed by atoms with van der Waals surface area (Å²) < 4.78 is 1.35. The molecule has 7 heteroatoms. The Morgan fingerprint density at radius 1 is 0.909 bits per heavy atom. The van der Waals surface area contributed by atoms with E-state index >= 15 is 0 Å². The highest BCUT2D eigenvalue weighted by Gasteiger charge is 2.25. The number of hydrogen-bond acceptors (Lipinski definition) is 4. The SMILES string of the molecule is CCCCCN(C(=O)c1ccc(-c2ccccc2)cc1)c1c(N)n(CCCC)c(=O)[nH]c1=O. The molecule has 174 valence electrons. The fourth-order valence-electron chi connectivity index (χ4n) is 3.80. The fourth-order valence-corrected chi connectivity index (χ4v) is 3.80. The van der Waals surface area contributed by atoms with Crippen LogP contribution in [0.4, 0.5) is 11.5 Å². The molecule has 0 spiro atoms. The summed E-state index contributed by atoms with van der Waals surface area (Å²) in [6, 6.07) is 17.2. The molecule has 3 rings (SSSR count). The van der Waals surface area contributed by atoms with Crippen LogP contribution in [-0.2, 0) is 6.54 Å². The first-order valence-electron chi connectivity index (χ1n) is 11.6. The van der Waals surface area contributed by atoms with Crippen molar-refractivity contribution in [2.45, 2.75) is 52.5 Å². The number of nitrogens with one attached hydrogen (secondary N) is 1. The van der Waals surface area contributed by atoms with Crippen molar-refractivity contribution in [1.29, 1.82) is 0 Å². The minimum absolute atomic E-state index is 0.0305. The quantitative estimate of drug-likeness (QED) is 0.448. The van der Waals surface area contributed by atoms with Crippen LogP contribution >= 0.6 is 0 Å². The molecular formula is C26H32N4O3. The van der Waals surface area contributed by atoms with E-state index in [2.05, 4.69) is 11.9 Å². The Balaban J connectivity index is 2.00. The molecule has 3 N–H and O–H groups in total. The van der Waals surface area contributed by atoms with Gasteiger partial charge in [0.1, 0.15) is 5.82 Å². The van der Waals surface area contributed by atoms with Gasteiger partial charge in [-0.1, -0.05) is 75.6 Å². The molecule has 0 bridgehead atoms. The van der Waals surface area contributed by atoms with E-state index in [1.807, 2.05) is 49.4 Å². The van der Waals surface area contributed by atoms with Crippen LogP contribution in [-0.4, -0.2) is 22.0 Å². The van der Waals surface area contributed by atoms with Crippen LogP contribution in [0, 0.1) is 0 Å². The van der Waals surface area contributed by atoms with Gasteiger partial charge in [0.05, 0.1) is 0 Å². The molecule has 1 heterocycles. The van der Waals surface area contributed by atoms with Crippen LogP contribution in [0.3, 0.4) is 0 Å². The fraction of sp³-hybridized carbons (Fsp3) is 0.346. The monoisotopic (exact) mass is 448 g/mol. The standard InChI is InChI=1S/C26H32N4O3/c1-3-5-10-18-29(22-23(27)30(17-6-4-2)26(33)28-24(22)31)25(32)21-15-13-20(14-16-21)19-11-8-7-9-12-19/h7-9,11-16H,3-6,10,17-18,27H2,1-2H3,(H,28,31,33). The molecule has 0 atom stereocenters. The third kappa shape index (κ3) is 5.61. The van der Waals surface area contributed by atoms with Gasteiger partial charge in [-0.3, -0.25) is 19.1 Å². The normalized spacial score (nSPS) is 10.8. The van der Waals surface area contributed by atoms with Gasteiger partial charge in [-0.2, -0.15) is 0 Å². The summed E-state index contributed by atoms with van der Waals surface area (Å²) >= 11 is 0. The van der Waals surface area contributed by atoms with Crippen LogP contribution in [0.5, 0.6) is 0 Å². The van der Waals surface area contributed by atoms with Crippen molar-refractivity contribution in [2.24, 2.45) is 0 Å². The molecule has 0 fully saturated rings. The summed E-state index contributed by atoms with van der Waals surface area (Å²) in [4.78, 5) is 42.4. The first kappa shape index (κ1) is 24.0. The van der Waals surface area contributed by atoms with Crippen molar-refractivity contribution in [1.82, 2.24) is 9.55 Å². The number of nitrogen functional groups attached to an aromatic ring is 1. The molecule has 0 aliphatic rings. The Bertz CT molecular complexity index is 1180. The van der Waals surface area contributed by atoms with Gasteiger partial charge in [-0.05, 0) is 36.1 Å². The molecule has 0 radical (unpaired) electrons. The zero-order valence-corrected chi connectivity index (χ0v) is 19.3.